The van der Waals surface area contributed by atoms with Gasteiger partial charge in [-0.2, -0.15) is 0 Å². The van der Waals surface area contributed by atoms with E-state index in [1.807, 2.05) is 12.1 Å². The largest absolute Gasteiger partial charge is 0.368 e. The number of benzene rings is 1. The second-order valence-corrected chi connectivity index (χ2v) is 4.98. The summed E-state index contributed by atoms with van der Waals surface area (Å²) in [5, 5.41) is 1.10. The van der Waals surface area contributed by atoms with Crippen LogP contribution in [0.5, 0.6) is 0 Å². The molecule has 0 aliphatic carbocycles. The molecule has 2 rings (SSSR count). The maximum absolute atomic E-state index is 11.5. The Morgan fingerprint density at radius 3 is 2.39 bits per heavy atom. The summed E-state index contributed by atoms with van der Waals surface area (Å²) < 4.78 is 0. The molecule has 2 N–H and O–H groups in total. The zero-order chi connectivity index (χ0) is 13.1. The first-order chi connectivity index (χ1) is 8.61. The van der Waals surface area contributed by atoms with Gasteiger partial charge in [-0.05, 0) is 18.2 Å². The van der Waals surface area contributed by atoms with Crippen molar-refractivity contribution in [1.82, 2.24) is 4.90 Å². The normalized spacial score (nSPS) is 15.9. The number of anilines is 1. The molecule has 0 radical (unpaired) electrons. The Balaban J connectivity index is 2.01. The van der Waals surface area contributed by atoms with E-state index in [2.05, 4.69) is 4.90 Å². The quantitative estimate of drug-likeness (QED) is 0.899. The van der Waals surface area contributed by atoms with Crippen molar-refractivity contribution in [2.45, 2.75) is 0 Å². The smallest absolute Gasteiger partial charge is 0.236 e. The van der Waals surface area contributed by atoms with Gasteiger partial charge in [-0.1, -0.05) is 23.2 Å². The minimum absolute atomic E-state index is 0.00351. The number of halogens is 2. The van der Waals surface area contributed by atoms with Crippen LogP contribution < -0.4 is 10.6 Å². The van der Waals surface area contributed by atoms with Crippen molar-refractivity contribution < 1.29 is 4.79 Å². The van der Waals surface area contributed by atoms with Gasteiger partial charge in [0.25, 0.3) is 0 Å². The van der Waals surface area contributed by atoms with E-state index >= 15 is 0 Å². The highest BCUT2D eigenvalue weighted by molar-refractivity contribution is 6.42. The third-order valence-electron chi connectivity index (χ3n) is 3.08. The fraction of sp³-hybridized carbons (Fsp3) is 0.417. The predicted octanol–water partition coefficient (Wildman–Crippen LogP) is 1.60. The second kappa shape index (κ2) is 5.78. The Morgan fingerprint density at radius 1 is 1.17 bits per heavy atom. The zero-order valence-electron chi connectivity index (χ0n) is 9.90. The Labute approximate surface area is 116 Å². The molecule has 18 heavy (non-hydrogen) atoms. The number of nitrogens with two attached hydrogens (primary N) is 1. The van der Waals surface area contributed by atoms with Gasteiger partial charge in [-0.3, -0.25) is 4.79 Å². The first-order valence-corrected chi connectivity index (χ1v) is 6.55. The third kappa shape index (κ3) is 2.88. The van der Waals surface area contributed by atoms with Crippen molar-refractivity contribution in [2.75, 3.05) is 37.6 Å². The summed E-state index contributed by atoms with van der Waals surface area (Å²) in [5.74, 6) is 0.00351. The van der Waals surface area contributed by atoms with Crippen molar-refractivity contribution >= 4 is 34.8 Å². The van der Waals surface area contributed by atoms with Crippen LogP contribution in [0.25, 0.3) is 0 Å². The first kappa shape index (κ1) is 13.5. The lowest BCUT2D eigenvalue weighted by Gasteiger charge is -2.36. The summed E-state index contributed by atoms with van der Waals surface area (Å²) in [4.78, 5) is 15.4. The molecule has 1 aliphatic heterocycles. The molecule has 0 aromatic heterocycles. The summed E-state index contributed by atoms with van der Waals surface area (Å²) in [6.45, 7) is 3.02. The number of amides is 1. The lowest BCUT2D eigenvalue weighted by Crippen LogP contribution is -2.50. The van der Waals surface area contributed by atoms with E-state index in [-0.39, 0.29) is 12.5 Å². The SMILES string of the molecule is NCC(=O)N1CCN(c2ccc(Cl)c(Cl)c2)CC1. The molecule has 0 spiro atoms. The number of carbonyl (C=O) groups is 1. The topological polar surface area (TPSA) is 49.6 Å². The van der Waals surface area contributed by atoms with Crippen molar-refractivity contribution in [3.05, 3.63) is 28.2 Å². The Hall–Kier alpha value is -0.970. The van der Waals surface area contributed by atoms with E-state index in [9.17, 15) is 4.79 Å². The van der Waals surface area contributed by atoms with Crippen molar-refractivity contribution in [3.8, 4) is 0 Å². The Kier molecular flexibility index (Phi) is 4.32. The molecule has 6 heteroatoms. The van der Waals surface area contributed by atoms with E-state index in [4.69, 9.17) is 28.9 Å². The first-order valence-electron chi connectivity index (χ1n) is 5.79. The van der Waals surface area contributed by atoms with Crippen LogP contribution in [0.4, 0.5) is 5.69 Å². The average Bonchev–Trinajstić information content (AvgIpc) is 2.41. The number of piperazine rings is 1. The minimum atomic E-state index is 0.00351. The minimum Gasteiger partial charge on any atom is -0.368 e. The summed E-state index contributed by atoms with van der Waals surface area (Å²) in [7, 11) is 0. The lowest BCUT2D eigenvalue weighted by atomic mass is 10.2. The van der Waals surface area contributed by atoms with Crippen LogP contribution in [0.15, 0.2) is 18.2 Å². The summed E-state index contributed by atoms with van der Waals surface area (Å²) in [5.41, 5.74) is 6.38. The van der Waals surface area contributed by atoms with Crippen molar-refractivity contribution in [1.29, 1.82) is 0 Å². The molecule has 1 amide bonds. The monoisotopic (exact) mass is 287 g/mol. The number of hydrogen-bond acceptors (Lipinski definition) is 3. The summed E-state index contributed by atoms with van der Waals surface area (Å²) >= 11 is 11.9. The van der Waals surface area contributed by atoms with E-state index < -0.39 is 0 Å². The number of hydrogen-bond donors (Lipinski definition) is 1. The van der Waals surface area contributed by atoms with E-state index in [0.29, 0.717) is 23.1 Å². The molecule has 0 unspecified atom stereocenters. The standard InChI is InChI=1S/C12H15Cl2N3O/c13-10-2-1-9(7-11(10)14)16-3-5-17(6-4-16)12(18)8-15/h1-2,7H,3-6,8,15H2. The third-order valence-corrected chi connectivity index (χ3v) is 3.81. The molecule has 98 valence electrons. The molecule has 1 fully saturated rings. The number of nitrogens with zero attached hydrogens (tertiary/aromatic N) is 2. The van der Waals surface area contributed by atoms with Crippen LogP contribution in [-0.2, 0) is 4.79 Å². The predicted molar refractivity (Wildman–Crippen MR) is 74.3 cm³/mol. The molecule has 1 aromatic carbocycles. The summed E-state index contributed by atoms with van der Waals surface area (Å²) in [6, 6.07) is 5.58. The van der Waals surface area contributed by atoms with Gasteiger partial charge in [-0.15, -0.1) is 0 Å². The molecule has 1 aromatic rings. The Bertz CT molecular complexity index is 445. The summed E-state index contributed by atoms with van der Waals surface area (Å²) in [6.07, 6.45) is 0. The van der Waals surface area contributed by atoms with Gasteiger partial charge in [0.1, 0.15) is 0 Å². The number of carbonyl (C=O) groups excluding carboxylic acids is 1. The average molecular weight is 288 g/mol. The van der Waals surface area contributed by atoms with E-state index in [0.717, 1.165) is 18.8 Å². The number of rotatable bonds is 2. The van der Waals surface area contributed by atoms with Crippen LogP contribution >= 0.6 is 23.2 Å². The fourth-order valence-corrected chi connectivity index (χ4v) is 2.32. The van der Waals surface area contributed by atoms with Crippen molar-refractivity contribution in [2.24, 2.45) is 5.73 Å². The van der Waals surface area contributed by atoms with E-state index in [1.54, 1.807) is 11.0 Å². The maximum Gasteiger partial charge on any atom is 0.236 e. The zero-order valence-corrected chi connectivity index (χ0v) is 11.4. The molecule has 0 atom stereocenters. The molecule has 4 nitrogen and oxygen atoms in total. The highest BCUT2D eigenvalue weighted by Gasteiger charge is 2.20. The van der Waals surface area contributed by atoms with Gasteiger partial charge < -0.3 is 15.5 Å². The van der Waals surface area contributed by atoms with Gasteiger partial charge in [0, 0.05) is 31.9 Å². The molecule has 0 bridgehead atoms. The van der Waals surface area contributed by atoms with Crippen LogP contribution in [0, 0.1) is 0 Å². The molecule has 1 saturated heterocycles. The molecule has 1 heterocycles. The highest BCUT2D eigenvalue weighted by Crippen LogP contribution is 2.27. The molecule has 1 aliphatic rings. The van der Waals surface area contributed by atoms with Crippen LogP contribution in [-0.4, -0.2) is 43.5 Å². The van der Waals surface area contributed by atoms with Crippen LogP contribution in [0.1, 0.15) is 0 Å². The molecular formula is C12H15Cl2N3O. The second-order valence-electron chi connectivity index (χ2n) is 4.17. The molecular weight excluding hydrogens is 273 g/mol. The van der Waals surface area contributed by atoms with Gasteiger partial charge in [-0.25, -0.2) is 0 Å². The highest BCUT2D eigenvalue weighted by atomic mass is 35.5. The van der Waals surface area contributed by atoms with Gasteiger partial charge in [0.2, 0.25) is 5.91 Å². The molecule has 0 saturated carbocycles. The van der Waals surface area contributed by atoms with Gasteiger partial charge in [0.05, 0.1) is 16.6 Å². The lowest BCUT2D eigenvalue weighted by molar-refractivity contribution is -0.129. The van der Waals surface area contributed by atoms with Crippen LogP contribution in [0.3, 0.4) is 0 Å². The Morgan fingerprint density at radius 2 is 1.83 bits per heavy atom. The fourth-order valence-electron chi connectivity index (χ4n) is 2.02. The van der Waals surface area contributed by atoms with Crippen molar-refractivity contribution in [3.63, 3.8) is 0 Å². The van der Waals surface area contributed by atoms with E-state index in [1.165, 1.54) is 0 Å². The van der Waals surface area contributed by atoms with Gasteiger partial charge >= 0.3 is 0 Å². The van der Waals surface area contributed by atoms with Gasteiger partial charge in [0.15, 0.2) is 0 Å². The maximum atomic E-state index is 11.5. The van der Waals surface area contributed by atoms with Crippen LogP contribution in [0.2, 0.25) is 10.0 Å².